The SMILES string of the molecule is CCc1ccc([C@@H]([NH2+]CC(=O)N[C@H](Cc2ccccc2)C(C)=O)c2cccs2)cc1. The van der Waals surface area contributed by atoms with Crippen LogP contribution in [0, 0.1) is 0 Å². The van der Waals surface area contributed by atoms with Crippen molar-refractivity contribution in [1.82, 2.24) is 5.32 Å². The smallest absolute Gasteiger partial charge is 0.275 e. The Morgan fingerprint density at radius 3 is 2.30 bits per heavy atom. The summed E-state index contributed by atoms with van der Waals surface area (Å²) in [7, 11) is 0. The van der Waals surface area contributed by atoms with Crippen LogP contribution >= 0.6 is 11.3 Å². The minimum absolute atomic E-state index is 0.0304. The minimum Gasteiger partial charge on any atom is -0.341 e. The zero-order valence-electron chi connectivity index (χ0n) is 17.5. The van der Waals surface area contributed by atoms with Crippen molar-refractivity contribution in [1.29, 1.82) is 0 Å². The summed E-state index contributed by atoms with van der Waals surface area (Å²) < 4.78 is 0. The molecule has 0 aliphatic heterocycles. The van der Waals surface area contributed by atoms with Gasteiger partial charge in [0.15, 0.2) is 12.3 Å². The Morgan fingerprint density at radius 1 is 0.967 bits per heavy atom. The van der Waals surface area contributed by atoms with E-state index in [0.717, 1.165) is 12.0 Å². The predicted molar refractivity (Wildman–Crippen MR) is 122 cm³/mol. The zero-order chi connectivity index (χ0) is 21.3. The zero-order valence-corrected chi connectivity index (χ0v) is 18.3. The highest BCUT2D eigenvalue weighted by atomic mass is 32.1. The van der Waals surface area contributed by atoms with Crippen LogP contribution in [0.25, 0.3) is 0 Å². The van der Waals surface area contributed by atoms with E-state index < -0.39 is 6.04 Å². The van der Waals surface area contributed by atoms with Crippen molar-refractivity contribution >= 4 is 23.0 Å². The number of amides is 1. The van der Waals surface area contributed by atoms with Crippen molar-refractivity contribution in [2.75, 3.05) is 6.54 Å². The maximum absolute atomic E-state index is 12.7. The normalized spacial score (nSPS) is 12.9. The van der Waals surface area contributed by atoms with Crippen molar-refractivity contribution in [3.8, 4) is 0 Å². The van der Waals surface area contributed by atoms with E-state index in [1.54, 1.807) is 11.3 Å². The number of quaternary nitrogens is 1. The summed E-state index contributed by atoms with van der Waals surface area (Å²) in [5, 5.41) is 7.02. The van der Waals surface area contributed by atoms with Crippen LogP contribution in [0.1, 0.15) is 41.5 Å². The number of Topliss-reactive ketones (excluding diaryl/α,β-unsaturated/α-hetero) is 1. The van der Waals surface area contributed by atoms with Gasteiger partial charge in [-0.2, -0.15) is 0 Å². The first-order chi connectivity index (χ1) is 14.6. The standard InChI is InChI=1S/C25H28N2O2S/c1-3-19-11-13-21(14-12-19)25(23-10-7-15-30-23)26-17-24(29)27-22(18(2)28)16-20-8-5-4-6-9-20/h4-15,22,25-26H,3,16-17H2,1-2H3,(H,27,29)/p+1/t22-,25-/m1/s1. The summed E-state index contributed by atoms with van der Waals surface area (Å²) in [5.74, 6) is -0.157. The maximum atomic E-state index is 12.7. The average Bonchev–Trinajstić information content (AvgIpc) is 3.29. The Balaban J connectivity index is 1.65. The second kappa shape index (κ2) is 10.9. The molecule has 3 N–H and O–H groups in total. The van der Waals surface area contributed by atoms with Crippen molar-refractivity contribution in [3.05, 3.63) is 93.7 Å². The lowest BCUT2D eigenvalue weighted by Crippen LogP contribution is -2.87. The second-order valence-corrected chi connectivity index (χ2v) is 8.43. The van der Waals surface area contributed by atoms with Gasteiger partial charge in [0.1, 0.15) is 6.04 Å². The van der Waals surface area contributed by atoms with E-state index in [0.29, 0.717) is 6.42 Å². The monoisotopic (exact) mass is 421 g/mol. The fraction of sp³-hybridized carbons (Fsp3) is 0.280. The number of benzene rings is 2. The molecule has 3 rings (SSSR count). The second-order valence-electron chi connectivity index (χ2n) is 7.45. The molecule has 0 aliphatic rings. The Bertz CT molecular complexity index is 937. The molecule has 3 aromatic rings. The number of nitrogens with two attached hydrogens (primary N) is 1. The molecule has 1 amide bonds. The summed E-state index contributed by atoms with van der Waals surface area (Å²) in [6, 6.07) is 22.1. The first-order valence-electron chi connectivity index (χ1n) is 10.4. The van der Waals surface area contributed by atoms with Crippen molar-refractivity contribution in [2.24, 2.45) is 0 Å². The van der Waals surface area contributed by atoms with E-state index in [2.05, 4.69) is 48.0 Å². The van der Waals surface area contributed by atoms with Gasteiger partial charge in [-0.1, -0.05) is 67.6 Å². The molecule has 30 heavy (non-hydrogen) atoms. The molecule has 0 radical (unpaired) electrons. The number of rotatable bonds is 10. The van der Waals surface area contributed by atoms with Crippen LogP contribution in [0.3, 0.4) is 0 Å². The number of aryl methyl sites for hydroxylation is 1. The fourth-order valence-electron chi connectivity index (χ4n) is 3.47. The summed E-state index contributed by atoms with van der Waals surface area (Å²) in [5.41, 5.74) is 3.51. The molecule has 1 heterocycles. The third-order valence-corrected chi connectivity index (χ3v) is 6.20. The lowest BCUT2D eigenvalue weighted by Gasteiger charge is -2.18. The van der Waals surface area contributed by atoms with E-state index in [1.165, 1.54) is 22.9 Å². The predicted octanol–water partition coefficient (Wildman–Crippen LogP) is 3.28. The first-order valence-corrected chi connectivity index (χ1v) is 11.2. The third-order valence-electron chi connectivity index (χ3n) is 5.24. The summed E-state index contributed by atoms with van der Waals surface area (Å²) >= 11 is 1.69. The van der Waals surface area contributed by atoms with Crippen molar-refractivity contribution in [3.63, 3.8) is 0 Å². The molecular weight excluding hydrogens is 392 g/mol. The molecule has 5 heteroatoms. The number of carbonyl (C=O) groups is 2. The summed E-state index contributed by atoms with van der Waals surface area (Å²) in [6.07, 6.45) is 1.51. The van der Waals surface area contributed by atoms with Crippen LogP contribution < -0.4 is 10.6 Å². The number of hydrogen-bond donors (Lipinski definition) is 2. The van der Waals surface area contributed by atoms with Gasteiger partial charge in [0.2, 0.25) is 0 Å². The lowest BCUT2D eigenvalue weighted by molar-refractivity contribution is -0.676. The van der Waals surface area contributed by atoms with Crippen LogP contribution in [0.15, 0.2) is 72.1 Å². The maximum Gasteiger partial charge on any atom is 0.275 e. The molecule has 0 spiro atoms. The van der Waals surface area contributed by atoms with Gasteiger partial charge < -0.3 is 10.6 Å². The molecule has 0 unspecified atom stereocenters. The Labute approximate surface area is 182 Å². The van der Waals surface area contributed by atoms with Gasteiger partial charge in [-0.3, -0.25) is 9.59 Å². The first kappa shape index (κ1) is 21.9. The van der Waals surface area contributed by atoms with E-state index in [1.807, 2.05) is 41.7 Å². The molecule has 1 aromatic heterocycles. The van der Waals surface area contributed by atoms with E-state index in [-0.39, 0.29) is 24.3 Å². The van der Waals surface area contributed by atoms with Crippen molar-refractivity contribution in [2.45, 2.75) is 38.8 Å². The molecule has 0 aliphatic carbocycles. The van der Waals surface area contributed by atoms with Gasteiger partial charge in [0.25, 0.3) is 5.91 Å². The van der Waals surface area contributed by atoms with E-state index in [9.17, 15) is 9.59 Å². The van der Waals surface area contributed by atoms with Crippen LogP contribution in [0.5, 0.6) is 0 Å². The van der Waals surface area contributed by atoms with Gasteiger partial charge in [-0.15, -0.1) is 11.3 Å². The largest absolute Gasteiger partial charge is 0.341 e. The van der Waals surface area contributed by atoms with Crippen molar-refractivity contribution < 1.29 is 14.9 Å². The molecule has 4 nitrogen and oxygen atoms in total. The number of hydrogen-bond acceptors (Lipinski definition) is 3. The number of nitrogens with one attached hydrogen (secondary N) is 1. The van der Waals surface area contributed by atoms with Gasteiger partial charge in [0, 0.05) is 5.56 Å². The van der Waals surface area contributed by atoms with Gasteiger partial charge in [-0.05, 0) is 42.3 Å². The third kappa shape index (κ3) is 6.12. The molecule has 0 bridgehead atoms. The van der Waals surface area contributed by atoms with Crippen LogP contribution in [-0.2, 0) is 22.4 Å². The molecule has 0 fully saturated rings. The molecular formula is C25H29N2O2S+. The van der Waals surface area contributed by atoms with E-state index in [4.69, 9.17) is 0 Å². The molecule has 0 saturated heterocycles. The number of ketones is 1. The Morgan fingerprint density at radius 2 is 1.70 bits per heavy atom. The molecule has 156 valence electrons. The fourth-order valence-corrected chi connectivity index (χ4v) is 4.32. The topological polar surface area (TPSA) is 62.8 Å². The molecule has 0 saturated carbocycles. The summed E-state index contributed by atoms with van der Waals surface area (Å²) in [4.78, 5) is 25.9. The minimum atomic E-state index is -0.502. The van der Waals surface area contributed by atoms with E-state index >= 15 is 0 Å². The quantitative estimate of drug-likeness (QED) is 0.528. The van der Waals surface area contributed by atoms with Crippen LogP contribution in [0.4, 0.5) is 0 Å². The highest BCUT2D eigenvalue weighted by Gasteiger charge is 2.22. The van der Waals surface area contributed by atoms with Crippen LogP contribution in [-0.4, -0.2) is 24.3 Å². The van der Waals surface area contributed by atoms with Gasteiger partial charge in [0.05, 0.1) is 10.9 Å². The number of thiophene rings is 1. The van der Waals surface area contributed by atoms with Gasteiger partial charge in [-0.25, -0.2) is 0 Å². The molecule has 2 atom stereocenters. The Kier molecular flexibility index (Phi) is 7.94. The Hall–Kier alpha value is -2.76. The average molecular weight is 422 g/mol. The highest BCUT2D eigenvalue weighted by molar-refractivity contribution is 7.10. The summed E-state index contributed by atoms with van der Waals surface area (Å²) in [6.45, 7) is 3.93. The van der Waals surface area contributed by atoms with Gasteiger partial charge >= 0.3 is 0 Å². The van der Waals surface area contributed by atoms with Crippen LogP contribution in [0.2, 0.25) is 0 Å². The molecule has 2 aromatic carbocycles. The lowest BCUT2D eigenvalue weighted by atomic mass is 10.0. The number of carbonyl (C=O) groups excluding carboxylic acids is 2. The highest BCUT2D eigenvalue weighted by Crippen LogP contribution is 2.23.